The summed E-state index contributed by atoms with van der Waals surface area (Å²) in [5.74, 6) is -0.476. The quantitative estimate of drug-likeness (QED) is 0.156. The molecule has 0 aliphatic heterocycles. The molecule has 1 aliphatic carbocycles. The summed E-state index contributed by atoms with van der Waals surface area (Å²) in [6.07, 6.45) is 4.92. The van der Waals surface area contributed by atoms with Crippen molar-refractivity contribution in [3.8, 4) is 17.0 Å². The van der Waals surface area contributed by atoms with Crippen LogP contribution in [-0.4, -0.2) is 23.1 Å². The zero-order valence-corrected chi connectivity index (χ0v) is 22.7. The van der Waals surface area contributed by atoms with E-state index < -0.39 is 5.97 Å². The first kappa shape index (κ1) is 26.0. The number of rotatable bonds is 9. The number of nitrogens with one attached hydrogen (secondary N) is 1. The summed E-state index contributed by atoms with van der Waals surface area (Å²) in [7, 11) is 0. The molecule has 1 N–H and O–H groups in total. The highest BCUT2D eigenvalue weighted by Crippen LogP contribution is 2.36. The number of carbonyl (C=O) groups is 1. The van der Waals surface area contributed by atoms with Crippen molar-refractivity contribution in [3.05, 3.63) is 125 Å². The number of hydrogen-bond donors (Lipinski definition) is 1. The molecular weight excluding hydrogens is 499 g/mol. The molecule has 0 spiro atoms. The topological polar surface area (TPSA) is 43.3 Å². The van der Waals surface area contributed by atoms with E-state index in [2.05, 4.69) is 29.6 Å². The lowest BCUT2D eigenvalue weighted by Gasteiger charge is -2.26. The lowest BCUT2D eigenvalue weighted by molar-refractivity contribution is 0.0735. The van der Waals surface area contributed by atoms with E-state index in [1.807, 2.05) is 47.9 Å². The van der Waals surface area contributed by atoms with Crippen LogP contribution in [0.4, 0.5) is 4.39 Å². The van der Waals surface area contributed by atoms with Crippen LogP contribution < -0.4 is 10.1 Å². The van der Waals surface area contributed by atoms with Gasteiger partial charge in [-0.2, -0.15) is 0 Å². The largest absolute Gasteiger partial charge is 0.423 e. The molecule has 1 aromatic heterocycles. The lowest BCUT2D eigenvalue weighted by Crippen LogP contribution is -2.36. The predicted octanol–water partition coefficient (Wildman–Crippen LogP) is 7.71. The molecule has 4 aromatic carbocycles. The molecule has 0 atom stereocenters. The van der Waals surface area contributed by atoms with Crippen LogP contribution in [0.15, 0.2) is 97.1 Å². The SMILES string of the molecule is Cc1ccccc1-c1c(F)c2cc(OC(=O)c3ccccc3)ccc2n1Cc1ccc(CCNC2CCC2)cc1. The molecular formula is C35H33FN2O2. The Morgan fingerprint density at radius 2 is 1.65 bits per heavy atom. The van der Waals surface area contributed by atoms with Gasteiger partial charge < -0.3 is 14.6 Å². The number of hydrogen-bond acceptors (Lipinski definition) is 3. The second-order valence-corrected chi connectivity index (χ2v) is 10.6. The van der Waals surface area contributed by atoms with E-state index >= 15 is 4.39 Å². The van der Waals surface area contributed by atoms with Crippen LogP contribution in [0.2, 0.25) is 0 Å². The molecule has 4 nitrogen and oxygen atoms in total. The van der Waals surface area contributed by atoms with Gasteiger partial charge in [0.15, 0.2) is 5.82 Å². The monoisotopic (exact) mass is 532 g/mol. The van der Waals surface area contributed by atoms with Crippen molar-refractivity contribution in [2.75, 3.05) is 6.54 Å². The van der Waals surface area contributed by atoms with Crippen molar-refractivity contribution >= 4 is 16.9 Å². The minimum absolute atomic E-state index is 0.314. The summed E-state index contributed by atoms with van der Waals surface area (Å²) in [6.45, 7) is 3.51. The number of esters is 1. The molecule has 6 rings (SSSR count). The highest BCUT2D eigenvalue weighted by atomic mass is 19.1. The number of fused-ring (bicyclic) bond motifs is 1. The Labute approximate surface area is 234 Å². The molecule has 0 unspecified atom stereocenters. The third-order valence-corrected chi connectivity index (χ3v) is 7.91. The maximum Gasteiger partial charge on any atom is 0.343 e. The molecule has 1 aliphatic rings. The molecule has 5 heteroatoms. The highest BCUT2D eigenvalue weighted by molar-refractivity contribution is 5.93. The number of benzene rings is 4. The van der Waals surface area contributed by atoms with Gasteiger partial charge in [0.1, 0.15) is 5.75 Å². The second kappa shape index (κ2) is 11.5. The average Bonchev–Trinajstić information content (AvgIpc) is 3.22. The van der Waals surface area contributed by atoms with Crippen molar-refractivity contribution in [2.24, 2.45) is 0 Å². The van der Waals surface area contributed by atoms with Gasteiger partial charge in [0.05, 0.1) is 16.8 Å². The van der Waals surface area contributed by atoms with Crippen LogP contribution >= 0.6 is 0 Å². The Morgan fingerprint density at radius 1 is 0.925 bits per heavy atom. The van der Waals surface area contributed by atoms with Gasteiger partial charge >= 0.3 is 5.97 Å². The smallest absolute Gasteiger partial charge is 0.343 e. The van der Waals surface area contributed by atoms with Crippen LogP contribution in [0.25, 0.3) is 22.2 Å². The molecule has 5 aromatic rings. The fraction of sp³-hybridized carbons (Fsp3) is 0.229. The van der Waals surface area contributed by atoms with Crippen LogP contribution in [0.1, 0.15) is 46.3 Å². The summed E-state index contributed by atoms with van der Waals surface area (Å²) in [4.78, 5) is 12.6. The fourth-order valence-electron chi connectivity index (χ4n) is 5.39. The standard InChI is InChI=1S/C35H33FN2O2/c1-24-8-5-6-13-30(24)34-33(36)31-22-29(40-35(39)27-9-3-2-4-10-27)18-19-32(31)38(34)23-26-16-14-25(15-17-26)20-21-37-28-11-7-12-28/h2-6,8-10,13-19,22,28,37H,7,11-12,20-21,23H2,1H3. The van der Waals surface area contributed by atoms with Crippen molar-refractivity contribution in [1.29, 1.82) is 0 Å². The molecule has 1 saturated carbocycles. The summed E-state index contributed by atoms with van der Waals surface area (Å²) >= 11 is 0. The van der Waals surface area contributed by atoms with Gasteiger partial charge in [-0.15, -0.1) is 0 Å². The summed E-state index contributed by atoms with van der Waals surface area (Å²) in [5.41, 5.74) is 5.97. The summed E-state index contributed by atoms with van der Waals surface area (Å²) in [5, 5.41) is 4.05. The highest BCUT2D eigenvalue weighted by Gasteiger charge is 2.22. The van der Waals surface area contributed by atoms with E-state index in [4.69, 9.17) is 4.74 Å². The van der Waals surface area contributed by atoms with Crippen LogP contribution in [0, 0.1) is 12.7 Å². The number of aromatic nitrogens is 1. The van der Waals surface area contributed by atoms with E-state index in [9.17, 15) is 4.79 Å². The Bertz CT molecular complexity index is 1640. The molecule has 0 bridgehead atoms. The van der Waals surface area contributed by atoms with Crippen molar-refractivity contribution in [2.45, 2.75) is 45.2 Å². The number of aryl methyl sites for hydroxylation is 1. The summed E-state index contributed by atoms with van der Waals surface area (Å²) in [6, 6.07) is 31.2. The zero-order valence-electron chi connectivity index (χ0n) is 22.7. The Kier molecular flexibility index (Phi) is 7.47. The molecule has 0 saturated heterocycles. The average molecular weight is 533 g/mol. The molecule has 40 heavy (non-hydrogen) atoms. The third-order valence-electron chi connectivity index (χ3n) is 7.91. The maximum atomic E-state index is 16.2. The van der Waals surface area contributed by atoms with Gasteiger partial charge in [-0.25, -0.2) is 9.18 Å². The zero-order chi connectivity index (χ0) is 27.5. The van der Waals surface area contributed by atoms with Gasteiger partial charge in [0.25, 0.3) is 0 Å². The minimum atomic E-state index is -0.470. The number of nitrogens with zero attached hydrogens (tertiary/aromatic N) is 1. The van der Waals surface area contributed by atoms with E-state index in [1.54, 1.807) is 36.4 Å². The van der Waals surface area contributed by atoms with E-state index in [0.717, 1.165) is 35.2 Å². The van der Waals surface area contributed by atoms with E-state index in [0.29, 0.717) is 35.0 Å². The molecule has 202 valence electrons. The Morgan fingerprint density at radius 3 is 2.38 bits per heavy atom. The molecule has 1 fully saturated rings. The molecule has 0 amide bonds. The Balaban J connectivity index is 1.31. The van der Waals surface area contributed by atoms with Gasteiger partial charge in [0, 0.05) is 23.5 Å². The number of ether oxygens (including phenoxy) is 1. The Hall–Kier alpha value is -4.22. The van der Waals surface area contributed by atoms with Gasteiger partial charge in [-0.05, 0) is 79.8 Å². The third kappa shape index (κ3) is 5.43. The van der Waals surface area contributed by atoms with E-state index in [-0.39, 0.29) is 5.82 Å². The van der Waals surface area contributed by atoms with E-state index in [1.165, 1.54) is 24.8 Å². The van der Waals surface area contributed by atoms with Crippen molar-refractivity contribution < 1.29 is 13.9 Å². The number of halogens is 1. The fourth-order valence-corrected chi connectivity index (χ4v) is 5.39. The molecule has 1 heterocycles. The minimum Gasteiger partial charge on any atom is -0.423 e. The lowest BCUT2D eigenvalue weighted by atomic mass is 9.93. The van der Waals surface area contributed by atoms with Crippen molar-refractivity contribution in [1.82, 2.24) is 9.88 Å². The molecule has 0 radical (unpaired) electrons. The number of carbonyl (C=O) groups excluding carboxylic acids is 1. The van der Waals surface area contributed by atoms with Gasteiger partial charge in [0.2, 0.25) is 0 Å². The maximum absolute atomic E-state index is 16.2. The predicted molar refractivity (Wildman–Crippen MR) is 158 cm³/mol. The normalized spacial score (nSPS) is 13.3. The van der Waals surface area contributed by atoms with Gasteiger partial charge in [-0.3, -0.25) is 0 Å². The first-order valence-electron chi connectivity index (χ1n) is 14.0. The second-order valence-electron chi connectivity index (χ2n) is 10.6. The van der Waals surface area contributed by atoms with Crippen LogP contribution in [0.5, 0.6) is 5.75 Å². The first-order chi connectivity index (χ1) is 19.6. The first-order valence-corrected chi connectivity index (χ1v) is 14.0. The van der Waals surface area contributed by atoms with Crippen LogP contribution in [0.3, 0.4) is 0 Å². The van der Waals surface area contributed by atoms with Gasteiger partial charge in [-0.1, -0.05) is 73.2 Å². The van der Waals surface area contributed by atoms with Crippen LogP contribution in [-0.2, 0) is 13.0 Å². The van der Waals surface area contributed by atoms with Crippen molar-refractivity contribution in [3.63, 3.8) is 0 Å². The summed E-state index contributed by atoms with van der Waals surface area (Å²) < 4.78 is 23.9.